The van der Waals surface area contributed by atoms with Crippen LogP contribution in [0.3, 0.4) is 0 Å². The Bertz CT molecular complexity index is 607. The Morgan fingerprint density at radius 1 is 1.43 bits per heavy atom. The maximum absolute atomic E-state index is 12.7. The second-order valence-electron chi connectivity index (χ2n) is 5.50. The molecule has 2 rings (SSSR count). The summed E-state index contributed by atoms with van der Waals surface area (Å²) in [6.07, 6.45) is 3.64. The van der Waals surface area contributed by atoms with Crippen LogP contribution in [0, 0.1) is 18.3 Å². The van der Waals surface area contributed by atoms with Gasteiger partial charge in [-0.1, -0.05) is 43.2 Å². The van der Waals surface area contributed by atoms with Crippen molar-refractivity contribution in [3.8, 4) is 12.3 Å². The highest BCUT2D eigenvalue weighted by molar-refractivity contribution is 5.95. The minimum Gasteiger partial charge on any atom is -0.439 e. The van der Waals surface area contributed by atoms with Crippen molar-refractivity contribution >= 4 is 12.0 Å². The van der Waals surface area contributed by atoms with Crippen molar-refractivity contribution in [2.75, 3.05) is 6.61 Å². The summed E-state index contributed by atoms with van der Waals surface area (Å²) in [5, 5.41) is 0. The molecule has 122 valence electrons. The minimum absolute atomic E-state index is 0.377. The molecule has 2 amide bonds. The van der Waals surface area contributed by atoms with Crippen molar-refractivity contribution in [1.29, 1.82) is 0 Å². The molecule has 5 nitrogen and oxygen atoms in total. The summed E-state index contributed by atoms with van der Waals surface area (Å²) in [5.74, 6) is 1.46. The van der Waals surface area contributed by atoms with Crippen LogP contribution in [0.5, 0.6) is 0 Å². The Morgan fingerprint density at radius 2 is 2.09 bits per heavy atom. The summed E-state index contributed by atoms with van der Waals surface area (Å²) in [7, 11) is 0. The molecule has 1 aliphatic heterocycles. The molecule has 0 unspecified atom stereocenters. The van der Waals surface area contributed by atoms with E-state index < -0.39 is 30.3 Å². The molecule has 1 aromatic carbocycles. The lowest BCUT2D eigenvalue weighted by molar-refractivity contribution is -0.136. The van der Waals surface area contributed by atoms with Crippen LogP contribution in [-0.2, 0) is 14.3 Å². The Kier molecular flexibility index (Phi) is 5.41. The number of benzene rings is 1. The van der Waals surface area contributed by atoms with Crippen LogP contribution < -0.4 is 0 Å². The average Bonchev–Trinajstić information content (AvgIpc) is 2.86. The second-order valence-corrected chi connectivity index (χ2v) is 5.50. The molecule has 5 heteroatoms. The van der Waals surface area contributed by atoms with E-state index >= 15 is 0 Å². The van der Waals surface area contributed by atoms with Gasteiger partial charge in [0.2, 0.25) is 5.91 Å². The van der Waals surface area contributed by atoms with Crippen molar-refractivity contribution in [1.82, 2.24) is 4.90 Å². The molecule has 1 heterocycles. The predicted molar refractivity (Wildman–Crippen MR) is 85.4 cm³/mol. The number of carbonyl (C=O) groups is 2. The SMILES string of the molecule is C#C[C@@H](OCC)[C@H](C)C(=O)N1C(=O)O[C@@H](c2ccccc2)[C@H]1C. The first-order chi connectivity index (χ1) is 11.0. The number of hydrogen-bond acceptors (Lipinski definition) is 4. The molecule has 23 heavy (non-hydrogen) atoms. The predicted octanol–water partition coefficient (Wildman–Crippen LogP) is 2.77. The Labute approximate surface area is 136 Å². The molecule has 0 radical (unpaired) electrons. The summed E-state index contributed by atoms with van der Waals surface area (Å²) in [6, 6.07) is 8.96. The minimum atomic E-state index is -0.664. The van der Waals surface area contributed by atoms with Gasteiger partial charge in [-0.3, -0.25) is 4.79 Å². The molecular weight excluding hydrogens is 294 g/mol. The maximum Gasteiger partial charge on any atom is 0.417 e. The summed E-state index contributed by atoms with van der Waals surface area (Å²) in [6.45, 7) is 5.66. The van der Waals surface area contributed by atoms with Gasteiger partial charge in [0, 0.05) is 6.61 Å². The van der Waals surface area contributed by atoms with E-state index in [0.29, 0.717) is 6.61 Å². The molecule has 0 saturated carbocycles. The van der Waals surface area contributed by atoms with Crippen molar-refractivity contribution < 1.29 is 19.1 Å². The third-order valence-electron chi connectivity index (χ3n) is 3.99. The molecule has 0 spiro atoms. The van der Waals surface area contributed by atoms with Gasteiger partial charge in [0.05, 0.1) is 12.0 Å². The summed E-state index contributed by atoms with van der Waals surface area (Å²) >= 11 is 0. The summed E-state index contributed by atoms with van der Waals surface area (Å²) in [4.78, 5) is 26.0. The van der Waals surface area contributed by atoms with Gasteiger partial charge in [0.25, 0.3) is 0 Å². The van der Waals surface area contributed by atoms with Gasteiger partial charge >= 0.3 is 6.09 Å². The zero-order chi connectivity index (χ0) is 17.0. The number of ether oxygens (including phenoxy) is 2. The smallest absolute Gasteiger partial charge is 0.417 e. The highest BCUT2D eigenvalue weighted by Crippen LogP contribution is 2.33. The quantitative estimate of drug-likeness (QED) is 0.784. The first-order valence-electron chi connectivity index (χ1n) is 7.67. The molecule has 1 saturated heterocycles. The number of cyclic esters (lactones) is 1. The Hall–Kier alpha value is -2.32. The molecule has 0 aromatic heterocycles. The van der Waals surface area contributed by atoms with Crippen LogP contribution in [0.1, 0.15) is 32.4 Å². The lowest BCUT2D eigenvalue weighted by Crippen LogP contribution is -2.44. The van der Waals surface area contributed by atoms with Crippen LogP contribution >= 0.6 is 0 Å². The number of amides is 2. The topological polar surface area (TPSA) is 55.8 Å². The van der Waals surface area contributed by atoms with E-state index in [2.05, 4.69) is 5.92 Å². The fourth-order valence-electron chi connectivity index (χ4n) is 2.71. The van der Waals surface area contributed by atoms with E-state index in [-0.39, 0.29) is 5.91 Å². The molecule has 1 aromatic rings. The van der Waals surface area contributed by atoms with Gasteiger partial charge in [-0.15, -0.1) is 6.42 Å². The van der Waals surface area contributed by atoms with Crippen molar-refractivity contribution in [3.05, 3.63) is 35.9 Å². The monoisotopic (exact) mass is 315 g/mol. The summed E-state index contributed by atoms with van der Waals surface area (Å²) < 4.78 is 10.8. The Balaban J connectivity index is 2.18. The number of carbonyl (C=O) groups excluding carboxylic acids is 2. The number of hydrogen-bond donors (Lipinski definition) is 0. The third-order valence-corrected chi connectivity index (χ3v) is 3.99. The Morgan fingerprint density at radius 3 is 2.65 bits per heavy atom. The van der Waals surface area contributed by atoms with E-state index in [1.165, 1.54) is 0 Å². The second kappa shape index (κ2) is 7.30. The van der Waals surface area contributed by atoms with Crippen LogP contribution in [0.15, 0.2) is 30.3 Å². The van der Waals surface area contributed by atoms with Crippen LogP contribution in [0.4, 0.5) is 4.79 Å². The molecule has 0 N–H and O–H groups in total. The van der Waals surface area contributed by atoms with Gasteiger partial charge < -0.3 is 9.47 Å². The standard InChI is InChI=1S/C18H21NO4/c1-5-15(22-6-2)12(3)17(20)19-13(4)16(23-18(19)21)14-10-8-7-9-11-14/h1,7-13,15-16H,6H2,2-4H3/t12-,13+,15+,16+/m0/s1. The zero-order valence-corrected chi connectivity index (χ0v) is 13.6. The fourth-order valence-corrected chi connectivity index (χ4v) is 2.71. The lowest BCUT2D eigenvalue weighted by atomic mass is 10.00. The van der Waals surface area contributed by atoms with Gasteiger partial charge in [-0.05, 0) is 19.4 Å². The van der Waals surface area contributed by atoms with Crippen molar-refractivity contribution in [3.63, 3.8) is 0 Å². The van der Waals surface area contributed by atoms with Crippen molar-refractivity contribution in [2.45, 2.75) is 39.0 Å². The number of nitrogens with zero attached hydrogens (tertiary/aromatic N) is 1. The molecule has 0 aliphatic carbocycles. The number of rotatable bonds is 5. The van der Waals surface area contributed by atoms with Crippen molar-refractivity contribution in [2.24, 2.45) is 5.92 Å². The molecule has 1 fully saturated rings. The normalized spacial score (nSPS) is 23.0. The summed E-state index contributed by atoms with van der Waals surface area (Å²) in [5.41, 5.74) is 0.856. The highest BCUT2D eigenvalue weighted by Gasteiger charge is 2.45. The number of terminal acetylenes is 1. The van der Waals surface area contributed by atoms with E-state index in [9.17, 15) is 9.59 Å². The van der Waals surface area contributed by atoms with Crippen LogP contribution in [0.2, 0.25) is 0 Å². The fraction of sp³-hybridized carbons (Fsp3) is 0.444. The van der Waals surface area contributed by atoms with Gasteiger partial charge in [0.15, 0.2) is 0 Å². The molecular formula is C18H21NO4. The molecule has 0 bridgehead atoms. The maximum atomic E-state index is 12.7. The largest absolute Gasteiger partial charge is 0.439 e. The molecule has 1 aliphatic rings. The average molecular weight is 315 g/mol. The third kappa shape index (κ3) is 3.38. The van der Waals surface area contributed by atoms with Crippen LogP contribution in [-0.4, -0.2) is 35.7 Å². The van der Waals surface area contributed by atoms with Gasteiger partial charge in [0.1, 0.15) is 12.2 Å². The number of imide groups is 1. The van der Waals surface area contributed by atoms with E-state index in [0.717, 1.165) is 10.5 Å². The zero-order valence-electron chi connectivity index (χ0n) is 13.6. The van der Waals surface area contributed by atoms with Crippen LogP contribution in [0.25, 0.3) is 0 Å². The van der Waals surface area contributed by atoms with Gasteiger partial charge in [-0.2, -0.15) is 0 Å². The first kappa shape index (κ1) is 17.0. The highest BCUT2D eigenvalue weighted by atomic mass is 16.6. The van der Waals surface area contributed by atoms with E-state index in [1.54, 1.807) is 20.8 Å². The first-order valence-corrected chi connectivity index (χ1v) is 7.67. The lowest BCUT2D eigenvalue weighted by Gasteiger charge is -2.25. The van der Waals surface area contributed by atoms with Gasteiger partial charge in [-0.25, -0.2) is 9.69 Å². The van der Waals surface area contributed by atoms with E-state index in [4.69, 9.17) is 15.9 Å². The van der Waals surface area contributed by atoms with E-state index in [1.807, 2.05) is 30.3 Å². The molecule has 4 atom stereocenters.